The van der Waals surface area contributed by atoms with E-state index in [0.717, 1.165) is 24.0 Å². The molecule has 1 aromatic rings. The summed E-state index contributed by atoms with van der Waals surface area (Å²) in [5.41, 5.74) is 1.82. The third kappa shape index (κ3) is 5.03. The van der Waals surface area contributed by atoms with Crippen molar-refractivity contribution in [2.75, 3.05) is 20.2 Å². The fourth-order valence-corrected chi connectivity index (χ4v) is 4.18. The number of hydrogen-bond donors (Lipinski definition) is 1. The Morgan fingerprint density at radius 1 is 1.29 bits per heavy atom. The van der Waals surface area contributed by atoms with Crippen molar-refractivity contribution in [2.24, 2.45) is 5.92 Å². The number of rotatable bonds is 6. The van der Waals surface area contributed by atoms with Crippen LogP contribution in [0.5, 0.6) is 0 Å². The van der Waals surface area contributed by atoms with Gasteiger partial charge in [0.1, 0.15) is 0 Å². The molecular formula is C17H26N2O4S. The summed E-state index contributed by atoms with van der Waals surface area (Å²) in [5, 5.41) is 0. The lowest BCUT2D eigenvalue weighted by Crippen LogP contribution is -2.46. The molecule has 1 atom stereocenters. The Morgan fingerprint density at radius 3 is 2.42 bits per heavy atom. The molecule has 0 aliphatic carbocycles. The molecule has 1 aromatic carbocycles. The van der Waals surface area contributed by atoms with Crippen molar-refractivity contribution in [2.45, 2.75) is 39.2 Å². The van der Waals surface area contributed by atoms with Gasteiger partial charge in [-0.05, 0) is 31.2 Å². The van der Waals surface area contributed by atoms with E-state index in [0.29, 0.717) is 19.0 Å². The predicted octanol–water partition coefficient (Wildman–Crippen LogP) is 2.17. The van der Waals surface area contributed by atoms with E-state index < -0.39 is 22.2 Å². The topological polar surface area (TPSA) is 75.7 Å². The Labute approximate surface area is 144 Å². The Balaban J connectivity index is 2.17. The lowest BCUT2D eigenvalue weighted by atomic mass is 10.0. The smallest absolute Gasteiger partial charge is 0.307 e. The maximum absolute atomic E-state index is 12.7. The molecule has 1 aliphatic rings. The van der Waals surface area contributed by atoms with Gasteiger partial charge >= 0.3 is 5.97 Å². The first-order chi connectivity index (χ1) is 11.3. The molecule has 2 rings (SSSR count). The second-order valence-electron chi connectivity index (χ2n) is 6.45. The summed E-state index contributed by atoms with van der Waals surface area (Å²) in [7, 11) is -2.34. The summed E-state index contributed by atoms with van der Waals surface area (Å²) in [5.74, 6) is 0.0926. The minimum Gasteiger partial charge on any atom is -0.469 e. The molecule has 1 heterocycles. The molecule has 1 aliphatic heterocycles. The van der Waals surface area contributed by atoms with Gasteiger partial charge in [-0.1, -0.05) is 36.8 Å². The van der Waals surface area contributed by atoms with Crippen molar-refractivity contribution in [1.82, 2.24) is 9.03 Å². The van der Waals surface area contributed by atoms with Crippen LogP contribution in [0.25, 0.3) is 0 Å². The second-order valence-corrected chi connectivity index (χ2v) is 8.15. The summed E-state index contributed by atoms with van der Waals surface area (Å²) in [6, 6.07) is 6.84. The largest absolute Gasteiger partial charge is 0.469 e. The molecule has 1 fully saturated rings. The van der Waals surface area contributed by atoms with Crippen LogP contribution in [0.1, 0.15) is 43.4 Å². The van der Waals surface area contributed by atoms with Crippen LogP contribution in [-0.4, -0.2) is 38.9 Å². The van der Waals surface area contributed by atoms with Gasteiger partial charge in [0.2, 0.25) is 0 Å². The molecule has 0 amide bonds. The first-order valence-electron chi connectivity index (χ1n) is 8.22. The molecule has 0 unspecified atom stereocenters. The van der Waals surface area contributed by atoms with Crippen LogP contribution < -0.4 is 4.72 Å². The van der Waals surface area contributed by atoms with Crippen LogP contribution in [0.3, 0.4) is 0 Å². The highest BCUT2D eigenvalue weighted by molar-refractivity contribution is 7.87. The van der Waals surface area contributed by atoms with Crippen molar-refractivity contribution in [1.29, 1.82) is 0 Å². The quantitative estimate of drug-likeness (QED) is 0.795. The van der Waals surface area contributed by atoms with Crippen LogP contribution in [0.15, 0.2) is 24.3 Å². The Bertz CT molecular complexity index is 650. The zero-order valence-electron chi connectivity index (χ0n) is 14.5. The number of hydrogen-bond acceptors (Lipinski definition) is 4. The maximum atomic E-state index is 12.7. The number of nitrogens with zero attached hydrogens (tertiary/aromatic N) is 1. The van der Waals surface area contributed by atoms with Crippen LogP contribution in [0.2, 0.25) is 0 Å². The highest BCUT2D eigenvalue weighted by Gasteiger charge is 2.30. The molecule has 134 valence electrons. The molecular weight excluding hydrogens is 328 g/mol. The Morgan fingerprint density at radius 2 is 1.88 bits per heavy atom. The average Bonchev–Trinajstić information content (AvgIpc) is 2.55. The number of benzene rings is 1. The van der Waals surface area contributed by atoms with Gasteiger partial charge < -0.3 is 4.74 Å². The van der Waals surface area contributed by atoms with E-state index in [2.05, 4.69) is 11.6 Å². The van der Waals surface area contributed by atoms with E-state index in [9.17, 15) is 13.2 Å². The lowest BCUT2D eigenvalue weighted by molar-refractivity contribution is -0.141. The van der Waals surface area contributed by atoms with Gasteiger partial charge in [-0.15, -0.1) is 0 Å². The van der Waals surface area contributed by atoms with E-state index in [4.69, 9.17) is 4.74 Å². The number of methoxy groups -OCH3 is 1. The number of nitrogens with one attached hydrogen (secondary N) is 1. The lowest BCUT2D eigenvalue weighted by Gasteiger charge is -2.31. The van der Waals surface area contributed by atoms with Gasteiger partial charge in [0.15, 0.2) is 0 Å². The van der Waals surface area contributed by atoms with Gasteiger partial charge in [-0.2, -0.15) is 17.4 Å². The molecule has 0 spiro atoms. The number of carbonyl (C=O) groups is 1. The molecule has 0 bridgehead atoms. The summed E-state index contributed by atoms with van der Waals surface area (Å²) in [6.07, 6.45) is 1.67. The first kappa shape index (κ1) is 18.9. The van der Waals surface area contributed by atoms with Crippen LogP contribution >= 0.6 is 0 Å². The predicted molar refractivity (Wildman–Crippen MR) is 92.6 cm³/mol. The standard InChI is InChI=1S/C17H26N2O4S/c1-13-4-6-15(7-5-13)16(12-17(20)23-3)18-24(21,22)19-10-8-14(2)9-11-19/h4-7,14,16,18H,8-12H2,1-3H3/t16-/m1/s1. The van der Waals surface area contributed by atoms with E-state index in [1.54, 1.807) is 0 Å². The highest BCUT2D eigenvalue weighted by atomic mass is 32.2. The fourth-order valence-electron chi connectivity index (χ4n) is 2.76. The highest BCUT2D eigenvalue weighted by Crippen LogP contribution is 2.23. The van der Waals surface area contributed by atoms with Gasteiger partial charge in [0.25, 0.3) is 10.2 Å². The Kier molecular flexibility index (Phi) is 6.37. The van der Waals surface area contributed by atoms with E-state index >= 15 is 0 Å². The second kappa shape index (κ2) is 8.09. The monoisotopic (exact) mass is 354 g/mol. The number of ether oxygens (including phenoxy) is 1. The fraction of sp³-hybridized carbons (Fsp3) is 0.588. The Hall–Kier alpha value is -1.44. The minimum absolute atomic E-state index is 0.0387. The summed E-state index contributed by atoms with van der Waals surface area (Å²) in [4.78, 5) is 11.7. The summed E-state index contributed by atoms with van der Waals surface area (Å²) < 4.78 is 34.2. The molecule has 1 saturated heterocycles. The van der Waals surface area contributed by atoms with Crippen molar-refractivity contribution in [3.63, 3.8) is 0 Å². The van der Waals surface area contributed by atoms with Gasteiger partial charge in [-0.3, -0.25) is 4.79 Å². The van der Waals surface area contributed by atoms with Crippen molar-refractivity contribution in [3.8, 4) is 0 Å². The third-order valence-electron chi connectivity index (χ3n) is 4.45. The minimum atomic E-state index is -3.64. The molecule has 0 aromatic heterocycles. The summed E-state index contributed by atoms with van der Waals surface area (Å²) in [6.45, 7) is 5.10. The van der Waals surface area contributed by atoms with Gasteiger partial charge in [0.05, 0.1) is 19.6 Å². The molecule has 0 saturated carbocycles. The SMILES string of the molecule is COC(=O)C[C@@H](NS(=O)(=O)N1CCC(C)CC1)c1ccc(C)cc1. The van der Waals surface area contributed by atoms with E-state index in [-0.39, 0.29) is 6.42 Å². The van der Waals surface area contributed by atoms with Gasteiger partial charge in [0, 0.05) is 13.1 Å². The molecule has 7 heteroatoms. The summed E-state index contributed by atoms with van der Waals surface area (Å²) >= 11 is 0. The number of esters is 1. The van der Waals surface area contributed by atoms with E-state index in [1.807, 2.05) is 31.2 Å². The first-order valence-corrected chi connectivity index (χ1v) is 9.66. The molecule has 24 heavy (non-hydrogen) atoms. The maximum Gasteiger partial charge on any atom is 0.307 e. The van der Waals surface area contributed by atoms with Gasteiger partial charge in [-0.25, -0.2) is 0 Å². The van der Waals surface area contributed by atoms with Crippen molar-refractivity contribution >= 4 is 16.2 Å². The average molecular weight is 354 g/mol. The number of carbonyl (C=O) groups excluding carboxylic acids is 1. The van der Waals surface area contributed by atoms with Crippen molar-refractivity contribution < 1.29 is 17.9 Å². The normalized spacial score (nSPS) is 18.3. The van der Waals surface area contributed by atoms with E-state index in [1.165, 1.54) is 11.4 Å². The van der Waals surface area contributed by atoms with Crippen molar-refractivity contribution in [3.05, 3.63) is 35.4 Å². The zero-order chi connectivity index (χ0) is 17.7. The molecule has 6 nitrogen and oxygen atoms in total. The molecule has 1 N–H and O–H groups in total. The van der Waals surface area contributed by atoms with Crippen LogP contribution in [0, 0.1) is 12.8 Å². The van der Waals surface area contributed by atoms with Crippen LogP contribution in [0.4, 0.5) is 0 Å². The zero-order valence-corrected chi connectivity index (χ0v) is 15.3. The molecule has 0 radical (unpaired) electrons. The third-order valence-corrected chi connectivity index (χ3v) is 6.08. The van der Waals surface area contributed by atoms with Crippen LogP contribution in [-0.2, 0) is 19.7 Å². The number of aryl methyl sites for hydroxylation is 1. The number of piperidine rings is 1.